The summed E-state index contributed by atoms with van der Waals surface area (Å²) in [6.07, 6.45) is 5.41. The number of aryl methyl sites for hydroxylation is 1. The van der Waals surface area contributed by atoms with Gasteiger partial charge in [0.25, 0.3) is 5.56 Å². The number of ether oxygens (including phenoxy) is 1. The maximum absolute atomic E-state index is 12.0. The van der Waals surface area contributed by atoms with Crippen molar-refractivity contribution < 1.29 is 4.74 Å². The molecule has 0 bridgehead atoms. The number of hydrogen-bond acceptors (Lipinski definition) is 6. The number of anilines is 1. The molecule has 0 aromatic carbocycles. The van der Waals surface area contributed by atoms with E-state index in [2.05, 4.69) is 20.4 Å². The van der Waals surface area contributed by atoms with E-state index >= 15 is 0 Å². The van der Waals surface area contributed by atoms with E-state index in [9.17, 15) is 4.79 Å². The molecule has 122 valence electrons. The molecule has 2 aromatic rings. The Morgan fingerprint density at radius 1 is 1.22 bits per heavy atom. The molecule has 0 amide bonds. The van der Waals surface area contributed by atoms with E-state index in [1.165, 1.54) is 0 Å². The van der Waals surface area contributed by atoms with Gasteiger partial charge >= 0.3 is 0 Å². The number of aromatic nitrogens is 4. The molecule has 2 aromatic heterocycles. The predicted octanol–water partition coefficient (Wildman–Crippen LogP) is 1.95. The third kappa shape index (κ3) is 3.67. The molecule has 1 N–H and O–H groups in total. The van der Waals surface area contributed by atoms with Crippen LogP contribution in [0.3, 0.4) is 0 Å². The number of rotatable bonds is 4. The minimum absolute atomic E-state index is 0.0249. The highest BCUT2D eigenvalue weighted by Crippen LogP contribution is 2.28. The van der Waals surface area contributed by atoms with Crippen LogP contribution in [0.2, 0.25) is 0 Å². The summed E-state index contributed by atoms with van der Waals surface area (Å²) in [5, 5.41) is 7.71. The van der Waals surface area contributed by atoms with Crippen molar-refractivity contribution in [3.05, 3.63) is 40.4 Å². The molecule has 1 aliphatic rings. The van der Waals surface area contributed by atoms with Gasteiger partial charge in [0.05, 0.1) is 18.8 Å². The lowest BCUT2D eigenvalue weighted by Gasteiger charge is -2.29. The van der Waals surface area contributed by atoms with Gasteiger partial charge in [-0.05, 0) is 38.7 Å². The second-order valence-corrected chi connectivity index (χ2v) is 5.83. The molecule has 1 fully saturated rings. The second kappa shape index (κ2) is 6.76. The maximum atomic E-state index is 12.0. The Bertz CT molecular complexity index is 722. The van der Waals surface area contributed by atoms with Crippen LogP contribution in [0.4, 0.5) is 5.95 Å². The zero-order chi connectivity index (χ0) is 16.2. The summed E-state index contributed by atoms with van der Waals surface area (Å²) in [5.74, 6) is 1.13. The fraction of sp³-hybridized carbons (Fsp3) is 0.500. The number of nitrogens with zero attached hydrogens (tertiary/aromatic N) is 4. The highest BCUT2D eigenvalue weighted by Gasteiger charge is 2.24. The molecule has 0 aliphatic heterocycles. The van der Waals surface area contributed by atoms with E-state index in [-0.39, 0.29) is 11.6 Å². The number of nitrogens with one attached hydrogen (secondary N) is 1. The first kappa shape index (κ1) is 15.5. The van der Waals surface area contributed by atoms with E-state index in [1.54, 1.807) is 36.2 Å². The highest BCUT2D eigenvalue weighted by molar-refractivity contribution is 5.29. The lowest BCUT2D eigenvalue weighted by Crippen LogP contribution is -2.33. The van der Waals surface area contributed by atoms with Gasteiger partial charge in [-0.2, -0.15) is 10.1 Å². The van der Waals surface area contributed by atoms with Gasteiger partial charge in [-0.3, -0.25) is 4.79 Å². The Balaban J connectivity index is 1.62. The summed E-state index contributed by atoms with van der Waals surface area (Å²) >= 11 is 0. The smallest absolute Gasteiger partial charge is 0.267 e. The normalized spacial score (nSPS) is 21.0. The predicted molar refractivity (Wildman–Crippen MR) is 86.7 cm³/mol. The SMILES string of the molecule is COc1ccnc(NC2CCC(n3nc(C)ccc3=O)CC2)n1. The van der Waals surface area contributed by atoms with Crippen molar-refractivity contribution in [3.63, 3.8) is 0 Å². The molecule has 23 heavy (non-hydrogen) atoms. The molecule has 0 unspecified atom stereocenters. The fourth-order valence-electron chi connectivity index (χ4n) is 2.96. The summed E-state index contributed by atoms with van der Waals surface area (Å²) < 4.78 is 6.74. The molecule has 0 saturated heterocycles. The molecule has 1 saturated carbocycles. The van der Waals surface area contributed by atoms with Crippen molar-refractivity contribution in [2.24, 2.45) is 0 Å². The van der Waals surface area contributed by atoms with Crippen LogP contribution >= 0.6 is 0 Å². The molecular weight excluding hydrogens is 294 g/mol. The summed E-state index contributed by atoms with van der Waals surface area (Å²) in [5.41, 5.74) is 0.845. The van der Waals surface area contributed by atoms with Gasteiger partial charge in [-0.1, -0.05) is 0 Å². The lowest BCUT2D eigenvalue weighted by molar-refractivity contribution is 0.302. The maximum Gasteiger partial charge on any atom is 0.267 e. The van der Waals surface area contributed by atoms with E-state index in [4.69, 9.17) is 4.74 Å². The largest absolute Gasteiger partial charge is 0.481 e. The molecule has 2 heterocycles. The fourth-order valence-corrected chi connectivity index (χ4v) is 2.96. The van der Waals surface area contributed by atoms with Gasteiger partial charge < -0.3 is 10.1 Å². The van der Waals surface area contributed by atoms with Gasteiger partial charge in [-0.25, -0.2) is 9.67 Å². The van der Waals surface area contributed by atoms with Crippen molar-refractivity contribution in [1.82, 2.24) is 19.7 Å². The quantitative estimate of drug-likeness (QED) is 0.928. The molecule has 3 rings (SSSR count). The Labute approximate surface area is 134 Å². The molecule has 7 heteroatoms. The molecule has 0 radical (unpaired) electrons. The summed E-state index contributed by atoms with van der Waals surface area (Å²) in [4.78, 5) is 20.5. The van der Waals surface area contributed by atoms with Crippen molar-refractivity contribution in [2.75, 3.05) is 12.4 Å². The molecule has 0 spiro atoms. The standard InChI is InChI=1S/C16H21N5O2/c1-11-3-8-15(22)21(20-11)13-6-4-12(5-7-13)18-16-17-10-9-14(19-16)23-2/h3,8-10,12-13H,4-7H2,1-2H3,(H,17,18,19). The van der Waals surface area contributed by atoms with Crippen LogP contribution in [0, 0.1) is 6.92 Å². The number of methoxy groups -OCH3 is 1. The van der Waals surface area contributed by atoms with Gasteiger partial charge in [0.1, 0.15) is 0 Å². The van der Waals surface area contributed by atoms with Crippen LogP contribution in [0.5, 0.6) is 5.88 Å². The summed E-state index contributed by atoms with van der Waals surface area (Å²) in [6, 6.07) is 5.55. The zero-order valence-corrected chi connectivity index (χ0v) is 13.4. The van der Waals surface area contributed by atoms with E-state index in [1.807, 2.05) is 6.92 Å². The summed E-state index contributed by atoms with van der Waals surface area (Å²) in [7, 11) is 1.59. The Morgan fingerprint density at radius 3 is 2.74 bits per heavy atom. The van der Waals surface area contributed by atoms with E-state index < -0.39 is 0 Å². The molecule has 1 aliphatic carbocycles. The van der Waals surface area contributed by atoms with Gasteiger partial charge in [0.15, 0.2) is 0 Å². The average Bonchev–Trinajstić information content (AvgIpc) is 2.58. The van der Waals surface area contributed by atoms with Gasteiger partial charge in [-0.15, -0.1) is 0 Å². The minimum Gasteiger partial charge on any atom is -0.481 e. The van der Waals surface area contributed by atoms with E-state index in [0.717, 1.165) is 31.4 Å². The summed E-state index contributed by atoms with van der Waals surface area (Å²) in [6.45, 7) is 1.91. The molecular formula is C16H21N5O2. The van der Waals surface area contributed by atoms with Crippen LogP contribution < -0.4 is 15.6 Å². The molecule has 0 atom stereocenters. The van der Waals surface area contributed by atoms with E-state index in [0.29, 0.717) is 17.9 Å². The van der Waals surface area contributed by atoms with Crippen molar-refractivity contribution >= 4 is 5.95 Å². The zero-order valence-electron chi connectivity index (χ0n) is 13.4. The monoisotopic (exact) mass is 315 g/mol. The van der Waals surface area contributed by atoms with Crippen LogP contribution in [-0.2, 0) is 0 Å². The van der Waals surface area contributed by atoms with Crippen molar-refractivity contribution in [3.8, 4) is 5.88 Å². The lowest BCUT2D eigenvalue weighted by atomic mass is 9.91. The first-order valence-corrected chi connectivity index (χ1v) is 7.86. The van der Waals surface area contributed by atoms with Crippen molar-refractivity contribution in [2.45, 2.75) is 44.7 Å². The Hall–Kier alpha value is -2.44. The molecule has 7 nitrogen and oxygen atoms in total. The Kier molecular flexibility index (Phi) is 4.55. The second-order valence-electron chi connectivity index (χ2n) is 5.83. The first-order valence-electron chi connectivity index (χ1n) is 7.86. The highest BCUT2D eigenvalue weighted by atomic mass is 16.5. The Morgan fingerprint density at radius 2 is 2.00 bits per heavy atom. The third-order valence-electron chi connectivity index (χ3n) is 4.17. The topological polar surface area (TPSA) is 81.9 Å². The van der Waals surface area contributed by atoms with Crippen LogP contribution in [0.15, 0.2) is 29.2 Å². The number of hydrogen-bond donors (Lipinski definition) is 1. The van der Waals surface area contributed by atoms with Gasteiger partial charge in [0.2, 0.25) is 11.8 Å². The van der Waals surface area contributed by atoms with Crippen LogP contribution in [0.1, 0.15) is 37.4 Å². The van der Waals surface area contributed by atoms with Gasteiger partial charge in [0, 0.05) is 24.4 Å². The average molecular weight is 315 g/mol. The van der Waals surface area contributed by atoms with Crippen LogP contribution in [-0.4, -0.2) is 32.9 Å². The van der Waals surface area contributed by atoms with Crippen molar-refractivity contribution in [1.29, 1.82) is 0 Å². The third-order valence-corrected chi connectivity index (χ3v) is 4.17. The minimum atomic E-state index is -0.0249. The van der Waals surface area contributed by atoms with Crippen LogP contribution in [0.25, 0.3) is 0 Å². The first-order chi connectivity index (χ1) is 11.2.